The standard InChI is InChI=1S/C29H35N3O5/c1-21(2)36-20-24(33)17-31(18-25-13-10-16-35-25)19-26-22(3)30-32(23-11-6-5-7-12-23)29(26)37-28-15-9-8-14-27(28)34-4/h5-16,21,24,33H,17-20H2,1-4H3/t24-/m1/s1. The fourth-order valence-electron chi connectivity index (χ4n) is 4.06. The third kappa shape index (κ3) is 7.01. The minimum absolute atomic E-state index is 0.0420. The van der Waals surface area contributed by atoms with Crippen LogP contribution in [0.5, 0.6) is 17.4 Å². The van der Waals surface area contributed by atoms with E-state index in [0.29, 0.717) is 37.0 Å². The van der Waals surface area contributed by atoms with Gasteiger partial charge in [-0.1, -0.05) is 30.3 Å². The Balaban J connectivity index is 1.70. The Morgan fingerprint density at radius 2 is 1.70 bits per heavy atom. The Morgan fingerprint density at radius 3 is 2.38 bits per heavy atom. The number of hydrogen-bond acceptors (Lipinski definition) is 7. The van der Waals surface area contributed by atoms with Crippen LogP contribution < -0.4 is 9.47 Å². The number of benzene rings is 2. The molecule has 0 radical (unpaired) electrons. The van der Waals surface area contributed by atoms with Gasteiger partial charge >= 0.3 is 0 Å². The first kappa shape index (κ1) is 26.5. The number of furan rings is 1. The SMILES string of the molecule is COc1ccccc1Oc1c(CN(Cc2ccco2)C[C@@H](O)COC(C)C)c(C)nn1-c1ccccc1. The van der Waals surface area contributed by atoms with Crippen LogP contribution in [0.1, 0.15) is 30.9 Å². The summed E-state index contributed by atoms with van der Waals surface area (Å²) in [4.78, 5) is 2.11. The van der Waals surface area contributed by atoms with E-state index in [1.54, 1.807) is 18.1 Å². The molecule has 0 fully saturated rings. The highest BCUT2D eigenvalue weighted by Gasteiger charge is 2.24. The minimum Gasteiger partial charge on any atom is -0.493 e. The summed E-state index contributed by atoms with van der Waals surface area (Å²) in [5.41, 5.74) is 2.61. The van der Waals surface area contributed by atoms with Crippen molar-refractivity contribution in [2.75, 3.05) is 20.3 Å². The van der Waals surface area contributed by atoms with Crippen molar-refractivity contribution in [2.24, 2.45) is 0 Å². The van der Waals surface area contributed by atoms with Crippen molar-refractivity contribution in [3.63, 3.8) is 0 Å². The molecule has 0 saturated carbocycles. The lowest BCUT2D eigenvalue weighted by molar-refractivity contribution is -0.0114. The second-order valence-corrected chi connectivity index (χ2v) is 9.15. The highest BCUT2D eigenvalue weighted by Crippen LogP contribution is 2.36. The van der Waals surface area contributed by atoms with E-state index in [2.05, 4.69) is 4.90 Å². The molecule has 2 heterocycles. The number of nitrogens with zero attached hydrogens (tertiary/aromatic N) is 3. The number of methoxy groups -OCH3 is 1. The number of ether oxygens (including phenoxy) is 3. The summed E-state index contributed by atoms with van der Waals surface area (Å²) >= 11 is 0. The van der Waals surface area contributed by atoms with Crippen molar-refractivity contribution in [1.82, 2.24) is 14.7 Å². The summed E-state index contributed by atoms with van der Waals surface area (Å²) in [5, 5.41) is 15.6. The average molecular weight is 506 g/mol. The lowest BCUT2D eigenvalue weighted by Gasteiger charge is -2.25. The van der Waals surface area contributed by atoms with Crippen LogP contribution in [-0.4, -0.2) is 52.3 Å². The zero-order valence-electron chi connectivity index (χ0n) is 21.8. The smallest absolute Gasteiger partial charge is 0.227 e. The lowest BCUT2D eigenvalue weighted by Crippen LogP contribution is -2.35. The first-order valence-electron chi connectivity index (χ1n) is 12.4. The fraction of sp³-hybridized carbons (Fsp3) is 0.345. The fourth-order valence-corrected chi connectivity index (χ4v) is 4.06. The molecule has 2 aromatic heterocycles. The maximum absolute atomic E-state index is 10.7. The Bertz CT molecular complexity index is 1240. The highest BCUT2D eigenvalue weighted by atomic mass is 16.5. The van der Waals surface area contributed by atoms with Gasteiger partial charge < -0.3 is 23.7 Å². The number of hydrogen-bond donors (Lipinski definition) is 1. The normalized spacial score (nSPS) is 12.3. The van der Waals surface area contributed by atoms with E-state index in [1.807, 2.05) is 87.5 Å². The van der Waals surface area contributed by atoms with E-state index in [4.69, 9.17) is 23.7 Å². The van der Waals surface area contributed by atoms with E-state index >= 15 is 0 Å². The molecular formula is C29H35N3O5. The molecule has 4 aromatic rings. The molecule has 8 heteroatoms. The maximum Gasteiger partial charge on any atom is 0.227 e. The van der Waals surface area contributed by atoms with Gasteiger partial charge in [0.05, 0.1) is 55.7 Å². The van der Waals surface area contributed by atoms with Gasteiger partial charge in [-0.2, -0.15) is 5.10 Å². The first-order valence-corrected chi connectivity index (χ1v) is 12.4. The van der Waals surface area contributed by atoms with Crippen molar-refractivity contribution in [3.05, 3.63) is 90.0 Å². The molecule has 2 aromatic carbocycles. The number of rotatable bonds is 13. The molecule has 1 N–H and O–H groups in total. The van der Waals surface area contributed by atoms with Gasteiger partial charge in [-0.15, -0.1) is 0 Å². The van der Waals surface area contributed by atoms with E-state index in [1.165, 1.54) is 0 Å². The van der Waals surface area contributed by atoms with E-state index in [-0.39, 0.29) is 12.7 Å². The Kier molecular flexibility index (Phi) is 9.00. The predicted octanol–water partition coefficient (Wildman–Crippen LogP) is 5.36. The van der Waals surface area contributed by atoms with Gasteiger partial charge in [0.15, 0.2) is 11.5 Å². The molecule has 0 saturated heterocycles. The monoisotopic (exact) mass is 505 g/mol. The molecule has 196 valence electrons. The summed E-state index contributed by atoms with van der Waals surface area (Å²) in [6.45, 7) is 7.49. The van der Waals surface area contributed by atoms with E-state index in [0.717, 1.165) is 22.7 Å². The summed E-state index contributed by atoms with van der Waals surface area (Å²) in [5.74, 6) is 2.61. The van der Waals surface area contributed by atoms with Crippen LogP contribution in [0, 0.1) is 6.92 Å². The minimum atomic E-state index is -0.666. The van der Waals surface area contributed by atoms with Crippen LogP contribution in [-0.2, 0) is 17.8 Å². The van der Waals surface area contributed by atoms with E-state index in [9.17, 15) is 5.11 Å². The van der Waals surface area contributed by atoms with Crippen LogP contribution in [0.2, 0.25) is 0 Å². The molecule has 0 spiro atoms. The zero-order valence-corrected chi connectivity index (χ0v) is 21.8. The number of aliphatic hydroxyl groups is 1. The summed E-state index contributed by atoms with van der Waals surface area (Å²) in [7, 11) is 1.62. The topological polar surface area (TPSA) is 82.1 Å². The van der Waals surface area contributed by atoms with Gasteiger partial charge in [-0.05, 0) is 57.2 Å². The maximum atomic E-state index is 10.7. The van der Waals surface area contributed by atoms with Crippen molar-refractivity contribution in [1.29, 1.82) is 0 Å². The molecule has 37 heavy (non-hydrogen) atoms. The molecule has 0 unspecified atom stereocenters. The second-order valence-electron chi connectivity index (χ2n) is 9.15. The predicted molar refractivity (Wildman–Crippen MR) is 141 cm³/mol. The first-order chi connectivity index (χ1) is 17.9. The van der Waals surface area contributed by atoms with Gasteiger partial charge in [0.2, 0.25) is 5.88 Å². The van der Waals surface area contributed by atoms with Crippen molar-refractivity contribution >= 4 is 0 Å². The van der Waals surface area contributed by atoms with Crippen molar-refractivity contribution < 1.29 is 23.7 Å². The van der Waals surface area contributed by atoms with Crippen LogP contribution in [0.3, 0.4) is 0 Å². The van der Waals surface area contributed by atoms with Crippen LogP contribution in [0.4, 0.5) is 0 Å². The number of aliphatic hydroxyl groups excluding tert-OH is 1. The van der Waals surface area contributed by atoms with Gasteiger partial charge in [0.1, 0.15) is 5.76 Å². The zero-order chi connectivity index (χ0) is 26.2. The molecule has 0 bridgehead atoms. The van der Waals surface area contributed by atoms with Crippen LogP contribution in [0.15, 0.2) is 77.4 Å². The number of para-hydroxylation sites is 3. The summed E-state index contributed by atoms with van der Waals surface area (Å²) in [6, 6.07) is 21.2. The molecule has 8 nitrogen and oxygen atoms in total. The molecule has 1 atom stereocenters. The van der Waals surface area contributed by atoms with E-state index < -0.39 is 6.10 Å². The van der Waals surface area contributed by atoms with Crippen molar-refractivity contribution in [2.45, 2.75) is 46.1 Å². The van der Waals surface area contributed by atoms with Crippen molar-refractivity contribution in [3.8, 4) is 23.1 Å². The van der Waals surface area contributed by atoms with Crippen LogP contribution >= 0.6 is 0 Å². The third-order valence-electron chi connectivity index (χ3n) is 5.85. The molecular weight excluding hydrogens is 470 g/mol. The quantitative estimate of drug-likeness (QED) is 0.262. The lowest BCUT2D eigenvalue weighted by atomic mass is 10.2. The number of aryl methyl sites for hydroxylation is 1. The Hall–Kier alpha value is -3.59. The highest BCUT2D eigenvalue weighted by molar-refractivity contribution is 5.47. The van der Waals surface area contributed by atoms with Crippen LogP contribution in [0.25, 0.3) is 5.69 Å². The molecule has 4 rings (SSSR count). The summed E-state index contributed by atoms with van der Waals surface area (Å²) < 4.78 is 25.1. The molecule has 0 aliphatic carbocycles. The Morgan fingerprint density at radius 1 is 0.973 bits per heavy atom. The average Bonchev–Trinajstić information content (AvgIpc) is 3.52. The molecule has 0 aliphatic rings. The molecule has 0 aliphatic heterocycles. The third-order valence-corrected chi connectivity index (χ3v) is 5.85. The second kappa shape index (κ2) is 12.6. The van der Waals surface area contributed by atoms with Gasteiger partial charge in [0.25, 0.3) is 0 Å². The largest absolute Gasteiger partial charge is 0.493 e. The van der Waals surface area contributed by atoms with Gasteiger partial charge in [-0.3, -0.25) is 4.90 Å². The number of aromatic nitrogens is 2. The molecule has 0 amide bonds. The summed E-state index contributed by atoms with van der Waals surface area (Å²) in [6.07, 6.45) is 1.03. The Labute approximate surface area is 218 Å². The van der Waals surface area contributed by atoms with Gasteiger partial charge in [-0.25, -0.2) is 4.68 Å². The van der Waals surface area contributed by atoms with Gasteiger partial charge in [0, 0.05) is 13.1 Å².